The van der Waals surface area contributed by atoms with Gasteiger partial charge in [-0.05, 0) is 24.8 Å². The first-order valence-electron chi connectivity index (χ1n) is 12.9. The lowest BCUT2D eigenvalue weighted by Crippen LogP contribution is -2.44. The Bertz CT molecular complexity index is 1240. The van der Waals surface area contributed by atoms with Crippen molar-refractivity contribution >= 4 is 33.8 Å². The van der Waals surface area contributed by atoms with Gasteiger partial charge in [0.1, 0.15) is 0 Å². The monoisotopic (exact) mass is 546 g/mol. The number of urea groups is 1. The number of ether oxygens (including phenoxy) is 1. The molecule has 1 saturated heterocycles. The molecule has 2 aromatic heterocycles. The van der Waals surface area contributed by atoms with Gasteiger partial charge in [0.2, 0.25) is 0 Å². The highest BCUT2D eigenvalue weighted by molar-refractivity contribution is 7.14. The largest absolute Gasteiger partial charge is 0.379 e. The van der Waals surface area contributed by atoms with E-state index in [4.69, 9.17) is 11.2 Å². The number of carbonyl (C=O) groups excluding carboxylic acids is 1. The third kappa shape index (κ3) is 7.89. The minimum absolute atomic E-state index is 0.0550. The van der Waals surface area contributed by atoms with Crippen LogP contribution in [0, 0.1) is 12.3 Å². The topological polar surface area (TPSA) is 57.7 Å². The number of hydrogen-bond acceptors (Lipinski definition) is 6. The molecule has 0 saturated carbocycles. The van der Waals surface area contributed by atoms with Crippen molar-refractivity contribution in [3.05, 3.63) is 81.9 Å². The fraction of sp³-hybridized carbons (Fsp3) is 0.333. The van der Waals surface area contributed by atoms with Crippen LogP contribution < -0.4 is 5.32 Å². The second-order valence-corrected chi connectivity index (χ2v) is 10.8. The summed E-state index contributed by atoms with van der Waals surface area (Å²) in [7, 11) is 0. The number of hydrogen-bond donors (Lipinski definition) is 1. The molecule has 1 aliphatic heterocycles. The lowest BCUT2D eigenvalue weighted by molar-refractivity contribution is 0.0351. The molecule has 1 aromatic carbocycles. The molecule has 38 heavy (non-hydrogen) atoms. The van der Waals surface area contributed by atoms with Crippen LogP contribution in [-0.2, 0) is 4.74 Å². The van der Waals surface area contributed by atoms with E-state index in [1.807, 2.05) is 71.8 Å². The Morgan fingerprint density at radius 3 is 2.74 bits per heavy atom. The summed E-state index contributed by atoms with van der Waals surface area (Å²) >= 11 is 3.14. The van der Waals surface area contributed by atoms with E-state index in [-0.39, 0.29) is 11.9 Å². The maximum atomic E-state index is 13.5. The molecule has 0 radical (unpaired) electrons. The Kier molecular flexibility index (Phi) is 10.7. The molecule has 1 aliphatic rings. The van der Waals surface area contributed by atoms with Gasteiger partial charge in [0.15, 0.2) is 5.13 Å². The molecule has 1 unspecified atom stereocenters. The van der Waals surface area contributed by atoms with Gasteiger partial charge in [0.25, 0.3) is 0 Å². The van der Waals surface area contributed by atoms with Crippen LogP contribution in [-0.4, -0.2) is 66.8 Å². The number of carbonyl (C=O) groups is 1. The third-order valence-electron chi connectivity index (χ3n) is 6.45. The first-order chi connectivity index (χ1) is 18.7. The Balaban J connectivity index is 1.48. The Morgan fingerprint density at radius 2 is 2.03 bits per heavy atom. The van der Waals surface area contributed by atoms with E-state index in [1.165, 1.54) is 16.2 Å². The molecule has 3 heterocycles. The third-order valence-corrected chi connectivity index (χ3v) is 8.19. The van der Waals surface area contributed by atoms with Gasteiger partial charge >= 0.3 is 6.03 Å². The Labute approximate surface area is 233 Å². The van der Waals surface area contributed by atoms with Crippen LogP contribution in [0.5, 0.6) is 0 Å². The van der Waals surface area contributed by atoms with Gasteiger partial charge in [0, 0.05) is 60.0 Å². The molecule has 0 aliphatic carbocycles. The number of nitrogens with one attached hydrogen (secondary N) is 1. The summed E-state index contributed by atoms with van der Waals surface area (Å²) in [5, 5.41) is 7.68. The van der Waals surface area contributed by atoms with Crippen LogP contribution in [0.15, 0.2) is 77.0 Å². The van der Waals surface area contributed by atoms with Crippen molar-refractivity contribution in [2.24, 2.45) is 0 Å². The highest BCUT2D eigenvalue weighted by atomic mass is 32.1. The van der Waals surface area contributed by atoms with Gasteiger partial charge in [0.05, 0.1) is 18.9 Å². The molecule has 4 rings (SSSR count). The molecule has 198 valence electrons. The number of morpholine rings is 1. The minimum Gasteiger partial charge on any atom is -0.379 e. The molecule has 8 heteroatoms. The number of amides is 2. The van der Waals surface area contributed by atoms with Crippen molar-refractivity contribution < 1.29 is 9.53 Å². The van der Waals surface area contributed by atoms with Crippen molar-refractivity contribution in [1.82, 2.24) is 14.8 Å². The second-order valence-electron chi connectivity index (χ2n) is 8.92. The molecule has 0 spiro atoms. The summed E-state index contributed by atoms with van der Waals surface area (Å²) in [6.45, 7) is 7.19. The molecule has 3 aromatic rings. The van der Waals surface area contributed by atoms with Gasteiger partial charge in [-0.3, -0.25) is 10.2 Å². The zero-order valence-corrected chi connectivity index (χ0v) is 23.3. The number of nitrogens with zero attached hydrogens (tertiary/aromatic N) is 3. The zero-order valence-electron chi connectivity index (χ0n) is 21.7. The predicted molar refractivity (Wildman–Crippen MR) is 159 cm³/mol. The van der Waals surface area contributed by atoms with Gasteiger partial charge in [-0.1, -0.05) is 60.5 Å². The Hall–Kier alpha value is -3.22. The number of anilines is 1. The maximum Gasteiger partial charge on any atom is 0.323 e. The van der Waals surface area contributed by atoms with Gasteiger partial charge in [-0.2, -0.15) is 0 Å². The smallest absolute Gasteiger partial charge is 0.323 e. The standard InChI is InChI=1S/C30H34N4O2S2/c1-3-5-10-24(4-2)26(28-13-9-22-37-28)14-15-34(17-16-33-18-20-36-21-19-33)30(35)32-29-31-27(23-38-29)25-11-7-6-8-12-25/h2-3,5-13,22-23,26H,14-21H2,1H3,(H,31,32,35)/b5-3-,24-10+. The van der Waals surface area contributed by atoms with Crippen molar-refractivity contribution in [3.8, 4) is 23.6 Å². The first kappa shape index (κ1) is 27.8. The van der Waals surface area contributed by atoms with Crippen LogP contribution in [0.3, 0.4) is 0 Å². The van der Waals surface area contributed by atoms with Crippen LogP contribution in [0.1, 0.15) is 24.1 Å². The van der Waals surface area contributed by atoms with Gasteiger partial charge in [-0.15, -0.1) is 29.1 Å². The van der Waals surface area contributed by atoms with Crippen LogP contribution in [0.4, 0.5) is 9.93 Å². The van der Waals surface area contributed by atoms with Crippen molar-refractivity contribution in [2.75, 3.05) is 51.3 Å². The highest BCUT2D eigenvalue weighted by Crippen LogP contribution is 2.32. The lowest BCUT2D eigenvalue weighted by atomic mass is 9.93. The van der Waals surface area contributed by atoms with E-state index in [2.05, 4.69) is 32.6 Å². The summed E-state index contributed by atoms with van der Waals surface area (Å²) in [6, 6.07) is 14.0. The minimum atomic E-state index is -0.142. The van der Waals surface area contributed by atoms with E-state index in [0.29, 0.717) is 18.2 Å². The van der Waals surface area contributed by atoms with E-state index >= 15 is 0 Å². The number of thiazole rings is 1. The first-order valence-corrected chi connectivity index (χ1v) is 14.6. The van der Waals surface area contributed by atoms with Crippen LogP contribution >= 0.6 is 22.7 Å². The predicted octanol–water partition coefficient (Wildman–Crippen LogP) is 6.35. The van der Waals surface area contributed by atoms with Gasteiger partial charge in [-0.25, -0.2) is 9.78 Å². The summed E-state index contributed by atoms with van der Waals surface area (Å²) in [4.78, 5) is 23.6. The second kappa shape index (κ2) is 14.6. The van der Waals surface area contributed by atoms with E-state index < -0.39 is 0 Å². The fourth-order valence-electron chi connectivity index (χ4n) is 4.34. The molecular formula is C30H34N4O2S2. The Morgan fingerprint density at radius 1 is 1.21 bits per heavy atom. The average Bonchev–Trinajstić information content (AvgIpc) is 3.66. The number of allylic oxidation sites excluding steroid dienone is 4. The number of rotatable bonds is 11. The normalized spacial score (nSPS) is 15.3. The van der Waals surface area contributed by atoms with Crippen LogP contribution in [0.2, 0.25) is 0 Å². The molecule has 1 N–H and O–H groups in total. The molecule has 6 nitrogen and oxygen atoms in total. The molecule has 2 amide bonds. The van der Waals surface area contributed by atoms with Crippen LogP contribution in [0.25, 0.3) is 11.3 Å². The average molecular weight is 547 g/mol. The van der Waals surface area contributed by atoms with E-state index in [9.17, 15) is 4.79 Å². The van der Waals surface area contributed by atoms with Crippen molar-refractivity contribution in [1.29, 1.82) is 0 Å². The summed E-state index contributed by atoms with van der Waals surface area (Å²) in [5.74, 6) is 2.94. The fourth-order valence-corrected chi connectivity index (χ4v) is 5.93. The number of benzene rings is 1. The number of aromatic nitrogens is 1. The molecule has 1 atom stereocenters. The summed E-state index contributed by atoms with van der Waals surface area (Å²) < 4.78 is 5.49. The maximum absolute atomic E-state index is 13.5. The lowest BCUT2D eigenvalue weighted by Gasteiger charge is -2.30. The summed E-state index contributed by atoms with van der Waals surface area (Å²) in [5.41, 5.74) is 2.81. The zero-order chi connectivity index (χ0) is 26.6. The quantitative estimate of drug-likeness (QED) is 0.225. The molecular weight excluding hydrogens is 512 g/mol. The van der Waals surface area contributed by atoms with E-state index in [0.717, 1.165) is 56.1 Å². The SMILES string of the molecule is C#C/C(=C\C=C/C)C(CCN(CCN1CCOCC1)C(=O)Nc1nc(-c2ccccc2)cs1)c1cccs1. The number of terminal acetylenes is 1. The molecule has 1 fully saturated rings. The van der Waals surface area contributed by atoms with Crippen molar-refractivity contribution in [3.63, 3.8) is 0 Å². The van der Waals surface area contributed by atoms with Gasteiger partial charge < -0.3 is 9.64 Å². The summed E-state index contributed by atoms with van der Waals surface area (Å²) in [6.07, 6.45) is 12.6. The van der Waals surface area contributed by atoms with E-state index in [1.54, 1.807) is 11.3 Å². The van der Waals surface area contributed by atoms with Crippen molar-refractivity contribution in [2.45, 2.75) is 19.3 Å². The highest BCUT2D eigenvalue weighted by Gasteiger charge is 2.22. The number of thiophene rings is 1. The molecule has 0 bridgehead atoms.